The van der Waals surface area contributed by atoms with Crippen LogP contribution in [0.3, 0.4) is 0 Å². The number of carboxylic acid groups (broad SMARTS) is 1. The topological polar surface area (TPSA) is 109 Å². The second kappa shape index (κ2) is 6.23. The highest BCUT2D eigenvalue weighted by Gasteiger charge is 2.28. The van der Waals surface area contributed by atoms with Crippen LogP contribution in [0.5, 0.6) is 0 Å². The number of carbonyl (C=O) groups is 3. The van der Waals surface area contributed by atoms with E-state index in [4.69, 9.17) is 9.52 Å². The van der Waals surface area contributed by atoms with Crippen molar-refractivity contribution in [2.75, 3.05) is 6.54 Å². The zero-order chi connectivity index (χ0) is 15.3. The van der Waals surface area contributed by atoms with Gasteiger partial charge in [0, 0.05) is 6.54 Å². The number of furan rings is 1. The van der Waals surface area contributed by atoms with Crippen molar-refractivity contribution in [3.8, 4) is 0 Å². The van der Waals surface area contributed by atoms with Gasteiger partial charge in [0.05, 0.1) is 17.2 Å². The molecule has 0 bridgehead atoms. The van der Waals surface area contributed by atoms with Gasteiger partial charge in [0.15, 0.2) is 0 Å². The van der Waals surface area contributed by atoms with Gasteiger partial charge in [-0.15, -0.1) is 0 Å². The van der Waals surface area contributed by atoms with Crippen LogP contribution in [0.1, 0.15) is 31.1 Å². The SMILES string of the molecule is CC(NC(=O)c1ccoc1)C(=O)NCC(C)(C)C(=O)O. The number of rotatable bonds is 6. The van der Waals surface area contributed by atoms with Crippen molar-refractivity contribution in [3.05, 3.63) is 24.2 Å². The molecule has 0 fully saturated rings. The molecule has 0 aliphatic rings. The normalized spacial score (nSPS) is 12.6. The summed E-state index contributed by atoms with van der Waals surface area (Å²) >= 11 is 0. The molecule has 7 nitrogen and oxygen atoms in total. The van der Waals surface area contributed by atoms with Crippen LogP contribution in [-0.4, -0.2) is 35.5 Å². The van der Waals surface area contributed by atoms with Gasteiger partial charge in [-0.05, 0) is 26.8 Å². The first-order chi connectivity index (χ1) is 9.24. The molecule has 1 unspecified atom stereocenters. The molecule has 1 rings (SSSR count). The molecule has 0 aromatic carbocycles. The van der Waals surface area contributed by atoms with Crippen molar-refractivity contribution in [1.82, 2.24) is 10.6 Å². The summed E-state index contributed by atoms with van der Waals surface area (Å²) in [6.45, 7) is 4.50. The molecule has 7 heteroatoms. The lowest BCUT2D eigenvalue weighted by atomic mass is 9.94. The highest BCUT2D eigenvalue weighted by atomic mass is 16.4. The second-order valence-corrected chi connectivity index (χ2v) is 5.11. The van der Waals surface area contributed by atoms with Crippen molar-refractivity contribution >= 4 is 17.8 Å². The van der Waals surface area contributed by atoms with Crippen molar-refractivity contribution in [2.45, 2.75) is 26.8 Å². The molecular weight excluding hydrogens is 264 g/mol. The molecule has 3 N–H and O–H groups in total. The Balaban J connectivity index is 2.48. The number of hydrogen-bond donors (Lipinski definition) is 3. The molecule has 1 heterocycles. The van der Waals surface area contributed by atoms with E-state index >= 15 is 0 Å². The molecule has 0 spiro atoms. The monoisotopic (exact) mass is 282 g/mol. The molecule has 0 aliphatic carbocycles. The summed E-state index contributed by atoms with van der Waals surface area (Å²) in [5.74, 6) is -1.89. The predicted molar refractivity (Wildman–Crippen MR) is 70.1 cm³/mol. The Hall–Kier alpha value is -2.31. The van der Waals surface area contributed by atoms with Crippen LogP contribution < -0.4 is 10.6 Å². The fraction of sp³-hybridized carbons (Fsp3) is 0.462. The van der Waals surface area contributed by atoms with Gasteiger partial charge in [0.2, 0.25) is 5.91 Å². The fourth-order valence-electron chi connectivity index (χ4n) is 1.28. The van der Waals surface area contributed by atoms with Gasteiger partial charge in [0.25, 0.3) is 5.91 Å². The Bertz CT molecular complexity index is 493. The van der Waals surface area contributed by atoms with Crippen LogP contribution in [0.2, 0.25) is 0 Å². The van der Waals surface area contributed by atoms with Crippen LogP contribution in [0.25, 0.3) is 0 Å². The van der Waals surface area contributed by atoms with E-state index < -0.39 is 29.2 Å². The molecule has 1 aromatic rings. The third-order valence-electron chi connectivity index (χ3n) is 2.81. The average Bonchev–Trinajstić information content (AvgIpc) is 2.89. The maximum Gasteiger partial charge on any atom is 0.310 e. The van der Waals surface area contributed by atoms with Gasteiger partial charge < -0.3 is 20.2 Å². The minimum absolute atomic E-state index is 0.0207. The Morgan fingerprint density at radius 1 is 1.40 bits per heavy atom. The van der Waals surface area contributed by atoms with E-state index in [-0.39, 0.29) is 6.54 Å². The highest BCUT2D eigenvalue weighted by molar-refractivity contribution is 5.97. The second-order valence-electron chi connectivity index (χ2n) is 5.11. The number of amides is 2. The number of aliphatic carboxylic acids is 1. The molecule has 0 saturated heterocycles. The Morgan fingerprint density at radius 3 is 2.55 bits per heavy atom. The number of carbonyl (C=O) groups excluding carboxylic acids is 2. The quantitative estimate of drug-likeness (QED) is 0.709. The lowest BCUT2D eigenvalue weighted by Crippen LogP contribution is -2.48. The smallest absolute Gasteiger partial charge is 0.310 e. The van der Waals surface area contributed by atoms with Crippen molar-refractivity contribution in [2.24, 2.45) is 5.41 Å². The van der Waals surface area contributed by atoms with Crippen LogP contribution in [0, 0.1) is 5.41 Å². The Kier molecular flexibility index (Phi) is 4.90. The molecule has 1 atom stereocenters. The summed E-state index contributed by atoms with van der Waals surface area (Å²) in [6.07, 6.45) is 2.63. The zero-order valence-corrected chi connectivity index (χ0v) is 11.6. The molecule has 1 aromatic heterocycles. The van der Waals surface area contributed by atoms with Gasteiger partial charge in [-0.3, -0.25) is 14.4 Å². The van der Waals surface area contributed by atoms with E-state index in [0.29, 0.717) is 5.56 Å². The van der Waals surface area contributed by atoms with Gasteiger partial charge >= 0.3 is 5.97 Å². The maximum absolute atomic E-state index is 11.8. The van der Waals surface area contributed by atoms with E-state index in [1.165, 1.54) is 39.4 Å². The van der Waals surface area contributed by atoms with Crippen LogP contribution >= 0.6 is 0 Å². The number of nitrogens with one attached hydrogen (secondary N) is 2. The van der Waals surface area contributed by atoms with Gasteiger partial charge in [-0.2, -0.15) is 0 Å². The van der Waals surface area contributed by atoms with E-state index in [1.807, 2.05) is 0 Å². The van der Waals surface area contributed by atoms with E-state index in [2.05, 4.69) is 10.6 Å². The first-order valence-corrected chi connectivity index (χ1v) is 6.08. The molecule has 0 radical (unpaired) electrons. The highest BCUT2D eigenvalue weighted by Crippen LogP contribution is 2.13. The van der Waals surface area contributed by atoms with Gasteiger partial charge in [0.1, 0.15) is 12.3 Å². The molecule has 110 valence electrons. The van der Waals surface area contributed by atoms with Crippen molar-refractivity contribution in [3.63, 3.8) is 0 Å². The lowest BCUT2D eigenvalue weighted by molar-refractivity contribution is -0.146. The number of carboxylic acids is 1. The maximum atomic E-state index is 11.8. The summed E-state index contributed by atoms with van der Waals surface area (Å²) in [5.41, 5.74) is -0.750. The van der Waals surface area contributed by atoms with E-state index in [1.54, 1.807) is 0 Å². The van der Waals surface area contributed by atoms with E-state index in [9.17, 15) is 14.4 Å². The van der Waals surface area contributed by atoms with Crippen LogP contribution in [0.15, 0.2) is 23.0 Å². The lowest BCUT2D eigenvalue weighted by Gasteiger charge is -2.21. The molecular formula is C13H18N2O5. The Morgan fingerprint density at radius 2 is 2.05 bits per heavy atom. The van der Waals surface area contributed by atoms with Crippen LogP contribution in [0.4, 0.5) is 0 Å². The van der Waals surface area contributed by atoms with E-state index in [0.717, 1.165) is 0 Å². The largest absolute Gasteiger partial charge is 0.481 e. The van der Waals surface area contributed by atoms with Crippen LogP contribution in [-0.2, 0) is 9.59 Å². The fourth-order valence-corrected chi connectivity index (χ4v) is 1.28. The summed E-state index contributed by atoms with van der Waals surface area (Å²) in [5, 5.41) is 13.9. The van der Waals surface area contributed by atoms with Gasteiger partial charge in [-0.1, -0.05) is 0 Å². The summed E-state index contributed by atoms with van der Waals surface area (Å²) in [4.78, 5) is 34.4. The molecule has 2 amide bonds. The molecule has 20 heavy (non-hydrogen) atoms. The van der Waals surface area contributed by atoms with Crippen molar-refractivity contribution < 1.29 is 23.9 Å². The average molecular weight is 282 g/mol. The standard InChI is InChI=1S/C13H18N2O5/c1-8(15-11(17)9-4-5-20-6-9)10(16)14-7-13(2,3)12(18)19/h4-6,8H,7H2,1-3H3,(H,14,16)(H,15,17)(H,18,19). The van der Waals surface area contributed by atoms with Gasteiger partial charge in [-0.25, -0.2) is 0 Å². The Labute approximate surface area is 116 Å². The van der Waals surface area contributed by atoms with Crippen molar-refractivity contribution in [1.29, 1.82) is 0 Å². The predicted octanol–water partition coefficient (Wildman–Crippen LogP) is 0.625. The molecule has 0 saturated carbocycles. The zero-order valence-electron chi connectivity index (χ0n) is 11.6. The minimum Gasteiger partial charge on any atom is -0.481 e. The minimum atomic E-state index is -1.07. The third-order valence-corrected chi connectivity index (χ3v) is 2.81. The summed E-state index contributed by atoms with van der Waals surface area (Å²) in [7, 11) is 0. The first-order valence-electron chi connectivity index (χ1n) is 6.08. The first kappa shape index (κ1) is 15.7. The summed E-state index contributed by atoms with van der Waals surface area (Å²) in [6, 6.07) is 0.704. The number of hydrogen-bond acceptors (Lipinski definition) is 4. The third kappa shape index (κ3) is 4.11. The molecule has 0 aliphatic heterocycles. The summed E-state index contributed by atoms with van der Waals surface area (Å²) < 4.78 is 4.77.